The third-order valence-electron chi connectivity index (χ3n) is 2.39. The van der Waals surface area contributed by atoms with E-state index in [-0.39, 0.29) is 8.65 Å². The van der Waals surface area contributed by atoms with E-state index in [4.69, 9.17) is 0 Å². The predicted octanol–water partition coefficient (Wildman–Crippen LogP) is 3.30. The van der Waals surface area contributed by atoms with E-state index in [1.165, 1.54) is 12.8 Å². The van der Waals surface area contributed by atoms with Gasteiger partial charge in [0, 0.05) is 5.92 Å². The smallest absolute Gasteiger partial charge is 0.0983 e. The molecule has 2 aliphatic rings. The lowest BCUT2D eigenvalue weighted by atomic mass is 10.1. The summed E-state index contributed by atoms with van der Waals surface area (Å²) in [5, 5.41) is 0. The van der Waals surface area contributed by atoms with Crippen LogP contribution in [0.1, 0.15) is 26.2 Å². The maximum absolute atomic E-state index is 3.59. The normalized spacial score (nSPS) is 39.2. The Bertz CT molecular complexity index is 242. The van der Waals surface area contributed by atoms with Gasteiger partial charge in [0.05, 0.1) is 8.65 Å². The van der Waals surface area contributed by atoms with Gasteiger partial charge in [0.1, 0.15) is 0 Å². The monoisotopic (exact) mass is 276 g/mol. The minimum Gasteiger partial charge on any atom is -0.0992 e. The molecule has 0 aromatic rings. The van der Waals surface area contributed by atoms with Crippen molar-refractivity contribution < 1.29 is 0 Å². The maximum Gasteiger partial charge on any atom is 0.0983 e. The van der Waals surface area contributed by atoms with Gasteiger partial charge in [0.2, 0.25) is 0 Å². The summed E-state index contributed by atoms with van der Waals surface area (Å²) in [5.74, 6) is 7.37. The standard InChI is InChI=1S/C9H10Br2/c1-8(6-9(8,10)11)5-4-7-2-3-7/h7H,2-3,6H2,1H3. The lowest BCUT2D eigenvalue weighted by Gasteiger charge is -2.01. The molecular weight excluding hydrogens is 268 g/mol. The van der Waals surface area contributed by atoms with E-state index >= 15 is 0 Å². The molecule has 0 heterocycles. The third-order valence-corrected chi connectivity index (χ3v) is 4.70. The molecule has 2 rings (SSSR count). The largest absolute Gasteiger partial charge is 0.0992 e. The molecule has 60 valence electrons. The van der Waals surface area contributed by atoms with Gasteiger partial charge in [-0.1, -0.05) is 43.7 Å². The topological polar surface area (TPSA) is 0 Å². The van der Waals surface area contributed by atoms with Crippen molar-refractivity contribution in [1.29, 1.82) is 0 Å². The van der Waals surface area contributed by atoms with E-state index in [1.807, 2.05) is 0 Å². The van der Waals surface area contributed by atoms with Crippen molar-refractivity contribution in [2.45, 2.75) is 29.4 Å². The molecule has 0 saturated heterocycles. The van der Waals surface area contributed by atoms with E-state index in [0.717, 1.165) is 12.3 Å². The lowest BCUT2D eigenvalue weighted by Crippen LogP contribution is -1.98. The Kier molecular flexibility index (Phi) is 1.67. The van der Waals surface area contributed by atoms with Gasteiger partial charge in [0.15, 0.2) is 0 Å². The lowest BCUT2D eigenvalue weighted by molar-refractivity contribution is 0.779. The Morgan fingerprint density at radius 2 is 1.91 bits per heavy atom. The Balaban J connectivity index is 2.03. The molecule has 2 fully saturated rings. The first-order valence-corrected chi connectivity index (χ1v) is 5.53. The second-order valence-corrected chi connectivity index (χ2v) is 7.53. The second kappa shape index (κ2) is 2.26. The first-order chi connectivity index (χ1) is 5.04. The molecule has 2 saturated carbocycles. The molecular formula is C9H10Br2. The fraction of sp³-hybridized carbons (Fsp3) is 0.778. The van der Waals surface area contributed by atoms with Gasteiger partial charge in [-0.15, -0.1) is 0 Å². The Morgan fingerprint density at radius 1 is 1.36 bits per heavy atom. The average Bonchev–Trinajstić information content (AvgIpc) is 2.69. The summed E-state index contributed by atoms with van der Waals surface area (Å²) in [6.07, 6.45) is 3.76. The fourth-order valence-electron chi connectivity index (χ4n) is 1.02. The molecule has 0 bridgehead atoms. The van der Waals surface area contributed by atoms with Crippen molar-refractivity contribution in [3.8, 4) is 11.8 Å². The minimum atomic E-state index is 0.120. The zero-order chi connectivity index (χ0) is 8.11. The molecule has 1 atom stereocenters. The molecule has 2 heteroatoms. The molecule has 0 N–H and O–H groups in total. The second-order valence-electron chi connectivity index (χ2n) is 3.76. The molecule has 0 aromatic heterocycles. The van der Waals surface area contributed by atoms with E-state index in [2.05, 4.69) is 50.6 Å². The van der Waals surface area contributed by atoms with Gasteiger partial charge in [-0.3, -0.25) is 0 Å². The first kappa shape index (κ1) is 8.13. The van der Waals surface area contributed by atoms with Gasteiger partial charge in [-0.2, -0.15) is 0 Å². The van der Waals surface area contributed by atoms with Crippen LogP contribution in [-0.4, -0.2) is 3.23 Å². The summed E-state index contributed by atoms with van der Waals surface area (Å²) in [7, 11) is 0. The molecule has 11 heavy (non-hydrogen) atoms. The number of hydrogen-bond acceptors (Lipinski definition) is 0. The summed E-state index contributed by atoms with van der Waals surface area (Å²) < 4.78 is 0.120. The Morgan fingerprint density at radius 3 is 2.27 bits per heavy atom. The van der Waals surface area contributed by atoms with Gasteiger partial charge >= 0.3 is 0 Å². The Labute approximate surface area is 84.4 Å². The first-order valence-electron chi connectivity index (χ1n) is 3.94. The van der Waals surface area contributed by atoms with Crippen LogP contribution in [0.4, 0.5) is 0 Å². The van der Waals surface area contributed by atoms with Gasteiger partial charge in [-0.05, 0) is 26.2 Å². The minimum absolute atomic E-state index is 0.120. The van der Waals surface area contributed by atoms with Crippen molar-refractivity contribution in [1.82, 2.24) is 0 Å². The molecule has 0 amide bonds. The third kappa shape index (κ3) is 1.51. The van der Waals surface area contributed by atoms with Crippen LogP contribution in [0.25, 0.3) is 0 Å². The highest BCUT2D eigenvalue weighted by Crippen LogP contribution is 2.65. The summed E-state index contributed by atoms with van der Waals surface area (Å²) in [4.78, 5) is 0. The van der Waals surface area contributed by atoms with Crippen LogP contribution in [0, 0.1) is 23.2 Å². The highest BCUT2D eigenvalue weighted by atomic mass is 79.9. The molecule has 0 aromatic carbocycles. The Hall–Kier alpha value is 0.520. The van der Waals surface area contributed by atoms with Crippen LogP contribution in [-0.2, 0) is 0 Å². The zero-order valence-corrected chi connectivity index (χ0v) is 9.63. The SMILES string of the molecule is CC1(C#CC2CC2)CC1(Br)Br. The van der Waals surface area contributed by atoms with Crippen LogP contribution in [0.3, 0.4) is 0 Å². The molecule has 0 aliphatic heterocycles. The van der Waals surface area contributed by atoms with Crippen LogP contribution in [0.5, 0.6) is 0 Å². The number of alkyl halides is 2. The highest BCUT2D eigenvalue weighted by molar-refractivity contribution is 9.25. The van der Waals surface area contributed by atoms with E-state index in [1.54, 1.807) is 0 Å². The summed E-state index contributed by atoms with van der Waals surface area (Å²) in [5.41, 5.74) is 0.190. The van der Waals surface area contributed by atoms with Crippen molar-refractivity contribution in [2.24, 2.45) is 11.3 Å². The molecule has 2 aliphatic carbocycles. The van der Waals surface area contributed by atoms with Crippen molar-refractivity contribution in [3.63, 3.8) is 0 Å². The van der Waals surface area contributed by atoms with E-state index in [0.29, 0.717) is 0 Å². The zero-order valence-electron chi connectivity index (χ0n) is 6.45. The van der Waals surface area contributed by atoms with Crippen LogP contribution < -0.4 is 0 Å². The van der Waals surface area contributed by atoms with E-state index in [9.17, 15) is 0 Å². The van der Waals surface area contributed by atoms with Gasteiger partial charge < -0.3 is 0 Å². The number of hydrogen-bond donors (Lipinski definition) is 0. The van der Waals surface area contributed by atoms with Gasteiger partial charge in [-0.25, -0.2) is 0 Å². The number of rotatable bonds is 0. The summed E-state index contributed by atoms with van der Waals surface area (Å²) >= 11 is 7.19. The van der Waals surface area contributed by atoms with Crippen LogP contribution in [0.15, 0.2) is 0 Å². The summed E-state index contributed by atoms with van der Waals surface area (Å²) in [6.45, 7) is 2.20. The summed E-state index contributed by atoms with van der Waals surface area (Å²) in [6, 6.07) is 0. The van der Waals surface area contributed by atoms with Crippen molar-refractivity contribution >= 4 is 31.9 Å². The van der Waals surface area contributed by atoms with E-state index < -0.39 is 0 Å². The average molecular weight is 278 g/mol. The quantitative estimate of drug-likeness (QED) is 0.471. The molecule has 0 nitrogen and oxygen atoms in total. The highest BCUT2D eigenvalue weighted by Gasteiger charge is 2.61. The molecule has 1 unspecified atom stereocenters. The van der Waals surface area contributed by atoms with Crippen LogP contribution in [0.2, 0.25) is 0 Å². The maximum atomic E-state index is 3.59. The molecule has 0 radical (unpaired) electrons. The molecule has 0 spiro atoms. The van der Waals surface area contributed by atoms with Crippen molar-refractivity contribution in [3.05, 3.63) is 0 Å². The van der Waals surface area contributed by atoms with Crippen LogP contribution >= 0.6 is 31.9 Å². The fourth-order valence-corrected chi connectivity index (χ4v) is 2.34. The predicted molar refractivity (Wildman–Crippen MR) is 53.8 cm³/mol. The van der Waals surface area contributed by atoms with Crippen molar-refractivity contribution in [2.75, 3.05) is 0 Å². The number of halogens is 2. The van der Waals surface area contributed by atoms with Gasteiger partial charge in [0.25, 0.3) is 0 Å².